The topological polar surface area (TPSA) is 25.8 Å². The van der Waals surface area contributed by atoms with E-state index in [9.17, 15) is 0 Å². The second-order valence-electron chi connectivity index (χ2n) is 2.67. The van der Waals surface area contributed by atoms with Crippen molar-refractivity contribution in [1.29, 1.82) is 0 Å². The van der Waals surface area contributed by atoms with Gasteiger partial charge in [-0.1, -0.05) is 0 Å². The van der Waals surface area contributed by atoms with E-state index in [2.05, 4.69) is 32.8 Å². The van der Waals surface area contributed by atoms with Crippen LogP contribution in [0.25, 0.3) is 10.6 Å². The summed E-state index contributed by atoms with van der Waals surface area (Å²) in [5.74, 6) is 0. The van der Waals surface area contributed by atoms with Gasteiger partial charge in [-0.3, -0.25) is 4.98 Å². The molecule has 0 aliphatic carbocycles. The van der Waals surface area contributed by atoms with Crippen molar-refractivity contribution in [2.45, 2.75) is 6.92 Å². The molecule has 0 radical (unpaired) electrons. The SMILES string of the molecule is Cc1ccncc1-c1nc(Br)cs1. The molecule has 13 heavy (non-hydrogen) atoms. The predicted molar refractivity (Wildman–Crippen MR) is 57.8 cm³/mol. The molecule has 0 aromatic carbocycles. The first-order valence-electron chi connectivity index (χ1n) is 3.79. The van der Waals surface area contributed by atoms with Gasteiger partial charge in [0.25, 0.3) is 0 Å². The average Bonchev–Trinajstić information content (AvgIpc) is 2.53. The van der Waals surface area contributed by atoms with Crippen molar-refractivity contribution in [3.8, 4) is 10.6 Å². The number of nitrogens with zero attached hydrogens (tertiary/aromatic N) is 2. The lowest BCUT2D eigenvalue weighted by Gasteiger charge is -1.98. The van der Waals surface area contributed by atoms with E-state index >= 15 is 0 Å². The molecule has 2 heterocycles. The van der Waals surface area contributed by atoms with Gasteiger partial charge in [-0.25, -0.2) is 4.98 Å². The third-order valence-electron chi connectivity index (χ3n) is 1.75. The highest BCUT2D eigenvalue weighted by atomic mass is 79.9. The Bertz CT molecular complexity index is 425. The summed E-state index contributed by atoms with van der Waals surface area (Å²) in [7, 11) is 0. The molecule has 2 rings (SSSR count). The molecule has 0 spiro atoms. The number of thiazole rings is 1. The lowest BCUT2D eigenvalue weighted by atomic mass is 10.2. The van der Waals surface area contributed by atoms with Crippen molar-refractivity contribution in [2.24, 2.45) is 0 Å². The van der Waals surface area contributed by atoms with Crippen LogP contribution in [0.3, 0.4) is 0 Å². The van der Waals surface area contributed by atoms with Crippen molar-refractivity contribution >= 4 is 27.3 Å². The summed E-state index contributed by atoms with van der Waals surface area (Å²) in [6.45, 7) is 2.06. The monoisotopic (exact) mass is 254 g/mol. The Hall–Kier alpha value is -0.740. The Labute approximate surface area is 88.8 Å². The van der Waals surface area contributed by atoms with Crippen LogP contribution in [-0.2, 0) is 0 Å². The molecule has 2 aromatic heterocycles. The van der Waals surface area contributed by atoms with E-state index in [1.807, 2.05) is 17.6 Å². The molecule has 2 nitrogen and oxygen atoms in total. The van der Waals surface area contributed by atoms with Gasteiger partial charge in [-0.15, -0.1) is 11.3 Å². The molecule has 0 atom stereocenters. The number of halogens is 1. The molecule has 0 saturated heterocycles. The van der Waals surface area contributed by atoms with Crippen LogP contribution in [0.1, 0.15) is 5.56 Å². The zero-order chi connectivity index (χ0) is 9.26. The van der Waals surface area contributed by atoms with Gasteiger partial charge in [0, 0.05) is 23.3 Å². The summed E-state index contributed by atoms with van der Waals surface area (Å²) < 4.78 is 0.885. The summed E-state index contributed by atoms with van der Waals surface area (Å²) in [6.07, 6.45) is 3.64. The lowest BCUT2D eigenvalue weighted by Crippen LogP contribution is -1.83. The maximum Gasteiger partial charge on any atom is 0.126 e. The minimum Gasteiger partial charge on any atom is -0.264 e. The number of hydrogen-bond donors (Lipinski definition) is 0. The number of hydrogen-bond acceptors (Lipinski definition) is 3. The highest BCUT2D eigenvalue weighted by molar-refractivity contribution is 9.10. The second-order valence-corrected chi connectivity index (χ2v) is 4.34. The van der Waals surface area contributed by atoms with Gasteiger partial charge in [0.2, 0.25) is 0 Å². The summed E-state index contributed by atoms with van der Waals surface area (Å²) in [4.78, 5) is 8.42. The summed E-state index contributed by atoms with van der Waals surface area (Å²) in [5, 5.41) is 2.99. The molecule has 2 aromatic rings. The zero-order valence-corrected chi connectivity index (χ0v) is 9.39. The van der Waals surface area contributed by atoms with E-state index < -0.39 is 0 Å². The van der Waals surface area contributed by atoms with Crippen LogP contribution >= 0.6 is 27.3 Å². The third-order valence-corrected chi connectivity index (χ3v) is 3.33. The van der Waals surface area contributed by atoms with Crippen LogP contribution in [0.5, 0.6) is 0 Å². The van der Waals surface area contributed by atoms with Gasteiger partial charge in [-0.05, 0) is 34.5 Å². The molecule has 0 N–H and O–H groups in total. The Morgan fingerprint density at radius 2 is 2.31 bits per heavy atom. The Morgan fingerprint density at radius 3 is 2.92 bits per heavy atom. The minimum absolute atomic E-state index is 0.885. The van der Waals surface area contributed by atoms with Gasteiger partial charge >= 0.3 is 0 Å². The highest BCUT2D eigenvalue weighted by Gasteiger charge is 2.05. The summed E-state index contributed by atoms with van der Waals surface area (Å²) in [5.41, 5.74) is 2.31. The highest BCUT2D eigenvalue weighted by Crippen LogP contribution is 2.27. The fourth-order valence-corrected chi connectivity index (χ4v) is 2.39. The number of rotatable bonds is 1. The second kappa shape index (κ2) is 3.55. The smallest absolute Gasteiger partial charge is 0.126 e. The van der Waals surface area contributed by atoms with Crippen molar-refractivity contribution in [1.82, 2.24) is 9.97 Å². The van der Waals surface area contributed by atoms with Crippen LogP contribution < -0.4 is 0 Å². The van der Waals surface area contributed by atoms with E-state index in [0.717, 1.165) is 15.2 Å². The van der Waals surface area contributed by atoms with Gasteiger partial charge < -0.3 is 0 Å². The van der Waals surface area contributed by atoms with E-state index in [0.29, 0.717) is 0 Å². The molecule has 0 saturated carbocycles. The van der Waals surface area contributed by atoms with E-state index in [4.69, 9.17) is 0 Å². The summed E-state index contributed by atoms with van der Waals surface area (Å²) >= 11 is 4.95. The normalized spacial score (nSPS) is 10.3. The van der Waals surface area contributed by atoms with Crippen molar-refractivity contribution in [3.05, 3.63) is 34.0 Å². The molecule has 0 aliphatic heterocycles. The minimum atomic E-state index is 0.885. The van der Waals surface area contributed by atoms with E-state index in [-0.39, 0.29) is 0 Å². The van der Waals surface area contributed by atoms with Crippen LogP contribution in [0.4, 0.5) is 0 Å². The van der Waals surface area contributed by atoms with Gasteiger partial charge in [0.05, 0.1) is 0 Å². The Kier molecular flexibility index (Phi) is 2.42. The quantitative estimate of drug-likeness (QED) is 0.781. The number of pyridine rings is 1. The van der Waals surface area contributed by atoms with Crippen molar-refractivity contribution < 1.29 is 0 Å². The molecule has 0 aliphatic rings. The standard InChI is InChI=1S/C9H7BrN2S/c1-6-2-3-11-4-7(6)9-12-8(10)5-13-9/h2-5H,1H3. The van der Waals surface area contributed by atoms with Crippen LogP contribution in [-0.4, -0.2) is 9.97 Å². The first-order valence-corrected chi connectivity index (χ1v) is 5.46. The average molecular weight is 255 g/mol. The third kappa shape index (κ3) is 1.78. The Morgan fingerprint density at radius 1 is 1.46 bits per heavy atom. The number of aromatic nitrogens is 2. The van der Waals surface area contributed by atoms with Gasteiger partial charge in [-0.2, -0.15) is 0 Å². The van der Waals surface area contributed by atoms with Crippen LogP contribution in [0.2, 0.25) is 0 Å². The van der Waals surface area contributed by atoms with Crippen molar-refractivity contribution in [3.63, 3.8) is 0 Å². The Balaban J connectivity index is 2.52. The van der Waals surface area contributed by atoms with Crippen molar-refractivity contribution in [2.75, 3.05) is 0 Å². The summed E-state index contributed by atoms with van der Waals surface area (Å²) in [6, 6.07) is 1.99. The molecule has 66 valence electrons. The van der Waals surface area contributed by atoms with E-state index in [1.165, 1.54) is 5.56 Å². The predicted octanol–water partition coefficient (Wildman–Crippen LogP) is 3.28. The maximum atomic E-state index is 4.34. The molecule has 0 bridgehead atoms. The van der Waals surface area contributed by atoms with E-state index in [1.54, 1.807) is 17.5 Å². The first kappa shape index (κ1) is 8.84. The van der Waals surface area contributed by atoms with Gasteiger partial charge in [0.15, 0.2) is 0 Å². The largest absolute Gasteiger partial charge is 0.264 e. The molecule has 0 amide bonds. The fourth-order valence-electron chi connectivity index (χ4n) is 1.07. The van der Waals surface area contributed by atoms with Crippen LogP contribution in [0, 0.1) is 6.92 Å². The van der Waals surface area contributed by atoms with Crippen LogP contribution in [0.15, 0.2) is 28.4 Å². The zero-order valence-electron chi connectivity index (χ0n) is 6.99. The molecule has 0 unspecified atom stereocenters. The molecule has 0 fully saturated rings. The lowest BCUT2D eigenvalue weighted by molar-refractivity contribution is 1.26. The maximum absolute atomic E-state index is 4.34. The molecule has 4 heteroatoms. The fraction of sp³-hybridized carbons (Fsp3) is 0.111. The molecular formula is C9H7BrN2S. The number of aryl methyl sites for hydroxylation is 1. The van der Waals surface area contributed by atoms with Gasteiger partial charge in [0.1, 0.15) is 9.61 Å². The molecular weight excluding hydrogens is 248 g/mol. The first-order chi connectivity index (χ1) is 6.27.